The van der Waals surface area contributed by atoms with Crippen molar-refractivity contribution in [3.63, 3.8) is 0 Å². The molecule has 2 aromatic rings. The predicted octanol–water partition coefficient (Wildman–Crippen LogP) is 3.13. The second-order valence-electron chi connectivity index (χ2n) is 4.64. The van der Waals surface area contributed by atoms with Gasteiger partial charge in [0.1, 0.15) is 0 Å². The molecule has 100 valence electrons. The van der Waals surface area contributed by atoms with Crippen molar-refractivity contribution in [3.05, 3.63) is 21.8 Å². The van der Waals surface area contributed by atoms with Gasteiger partial charge in [-0.1, -0.05) is 12.8 Å². The van der Waals surface area contributed by atoms with Crippen molar-refractivity contribution in [2.24, 2.45) is 0 Å². The molecule has 0 unspecified atom stereocenters. The topological polar surface area (TPSA) is 69.6 Å². The van der Waals surface area contributed by atoms with Gasteiger partial charge in [0.2, 0.25) is 5.16 Å². The maximum Gasteiger partial charge on any atom is 0.214 e. The largest absolute Gasteiger partial charge is 0.399 e. The zero-order valence-corrected chi connectivity index (χ0v) is 13.3. The summed E-state index contributed by atoms with van der Waals surface area (Å²) in [5.74, 6) is 0. The zero-order valence-electron chi connectivity index (χ0n) is 10.3. The Bertz CT molecular complexity index is 579. The Balaban J connectivity index is 1.85. The third kappa shape index (κ3) is 2.86. The molecule has 0 aliphatic heterocycles. The summed E-state index contributed by atoms with van der Waals surface area (Å²) in [6.45, 7) is 0. The van der Waals surface area contributed by atoms with E-state index in [4.69, 9.17) is 5.73 Å². The summed E-state index contributed by atoms with van der Waals surface area (Å²) in [6, 6.07) is 6.36. The van der Waals surface area contributed by atoms with E-state index in [1.807, 2.05) is 22.9 Å². The van der Waals surface area contributed by atoms with Crippen LogP contribution in [0.3, 0.4) is 0 Å². The summed E-state index contributed by atoms with van der Waals surface area (Å²) in [4.78, 5) is 1.14. The van der Waals surface area contributed by atoms with Crippen LogP contribution < -0.4 is 5.73 Å². The molecule has 0 amide bonds. The summed E-state index contributed by atoms with van der Waals surface area (Å²) in [7, 11) is 0. The Morgan fingerprint density at radius 1 is 1.32 bits per heavy atom. The minimum Gasteiger partial charge on any atom is -0.399 e. The molecule has 1 aromatic heterocycles. The third-order valence-electron chi connectivity index (χ3n) is 3.29. The number of nitrogens with two attached hydrogens (primary N) is 1. The quantitative estimate of drug-likeness (QED) is 0.648. The maximum atomic E-state index is 5.77. The molecule has 1 aliphatic carbocycles. The molecule has 7 heteroatoms. The maximum absolute atomic E-state index is 5.77. The highest BCUT2D eigenvalue weighted by Crippen LogP contribution is 2.35. The Morgan fingerprint density at radius 3 is 2.84 bits per heavy atom. The molecule has 0 radical (unpaired) electrons. The molecule has 1 aliphatic rings. The number of anilines is 1. The number of tetrazole rings is 1. The molecule has 1 saturated carbocycles. The van der Waals surface area contributed by atoms with Crippen molar-refractivity contribution in [1.29, 1.82) is 0 Å². The first-order valence-corrected chi connectivity index (χ1v) is 8.14. The van der Waals surface area contributed by atoms with E-state index in [1.54, 1.807) is 11.8 Å². The summed E-state index contributed by atoms with van der Waals surface area (Å²) < 4.78 is 3.10. The molecule has 0 saturated heterocycles. The lowest BCUT2D eigenvalue weighted by atomic mass is 10.3. The Labute approximate surface area is 129 Å². The van der Waals surface area contributed by atoms with Gasteiger partial charge in [0.05, 0.1) is 6.04 Å². The van der Waals surface area contributed by atoms with Gasteiger partial charge in [-0.05, 0) is 75.8 Å². The van der Waals surface area contributed by atoms with E-state index in [2.05, 4.69) is 38.1 Å². The molecular weight excluding hydrogens is 373 g/mol. The van der Waals surface area contributed by atoms with Gasteiger partial charge >= 0.3 is 0 Å². The van der Waals surface area contributed by atoms with Crippen molar-refractivity contribution in [2.75, 3.05) is 5.73 Å². The van der Waals surface area contributed by atoms with Gasteiger partial charge < -0.3 is 5.73 Å². The van der Waals surface area contributed by atoms with E-state index >= 15 is 0 Å². The van der Waals surface area contributed by atoms with Crippen LogP contribution in [-0.2, 0) is 0 Å². The third-order valence-corrected chi connectivity index (χ3v) is 5.58. The van der Waals surface area contributed by atoms with Crippen LogP contribution in [0.5, 0.6) is 0 Å². The van der Waals surface area contributed by atoms with Crippen LogP contribution in [0, 0.1) is 3.57 Å². The van der Waals surface area contributed by atoms with Crippen LogP contribution in [0.15, 0.2) is 28.3 Å². The van der Waals surface area contributed by atoms with E-state index in [1.165, 1.54) is 25.7 Å². The smallest absolute Gasteiger partial charge is 0.214 e. The molecule has 1 fully saturated rings. The highest BCUT2D eigenvalue weighted by Gasteiger charge is 2.22. The number of aromatic nitrogens is 4. The summed E-state index contributed by atoms with van der Waals surface area (Å²) in [5.41, 5.74) is 6.55. The fourth-order valence-electron chi connectivity index (χ4n) is 2.33. The molecule has 1 aromatic carbocycles. The van der Waals surface area contributed by atoms with E-state index < -0.39 is 0 Å². The SMILES string of the molecule is Nc1ccc(Sc2nnnn2C2CCCC2)c(I)c1. The number of hydrogen-bond donors (Lipinski definition) is 1. The average Bonchev–Trinajstić information content (AvgIpc) is 3.03. The monoisotopic (exact) mass is 387 g/mol. The van der Waals surface area contributed by atoms with Gasteiger partial charge in [-0.15, -0.1) is 5.10 Å². The van der Waals surface area contributed by atoms with Gasteiger partial charge in [-0.3, -0.25) is 0 Å². The molecule has 19 heavy (non-hydrogen) atoms. The van der Waals surface area contributed by atoms with Crippen LogP contribution >= 0.6 is 34.4 Å². The van der Waals surface area contributed by atoms with Crippen molar-refractivity contribution < 1.29 is 0 Å². The Morgan fingerprint density at radius 2 is 2.11 bits per heavy atom. The molecule has 0 spiro atoms. The molecule has 5 nitrogen and oxygen atoms in total. The van der Waals surface area contributed by atoms with Gasteiger partial charge in [-0.2, -0.15) is 0 Å². The summed E-state index contributed by atoms with van der Waals surface area (Å²) >= 11 is 3.90. The first-order valence-electron chi connectivity index (χ1n) is 6.25. The zero-order chi connectivity index (χ0) is 13.2. The lowest BCUT2D eigenvalue weighted by molar-refractivity contribution is 0.423. The molecular formula is C12H14IN5S. The van der Waals surface area contributed by atoms with Crippen LogP contribution in [0.1, 0.15) is 31.7 Å². The summed E-state index contributed by atoms with van der Waals surface area (Å²) in [5, 5.41) is 13.0. The Kier molecular flexibility index (Phi) is 3.92. The van der Waals surface area contributed by atoms with E-state index in [0.29, 0.717) is 6.04 Å². The van der Waals surface area contributed by atoms with Gasteiger partial charge in [-0.25, -0.2) is 4.68 Å². The van der Waals surface area contributed by atoms with Gasteiger partial charge in [0.15, 0.2) is 0 Å². The van der Waals surface area contributed by atoms with Crippen LogP contribution in [0.2, 0.25) is 0 Å². The minimum absolute atomic E-state index is 0.462. The minimum atomic E-state index is 0.462. The number of hydrogen-bond acceptors (Lipinski definition) is 5. The van der Waals surface area contributed by atoms with Gasteiger partial charge in [0, 0.05) is 14.2 Å². The van der Waals surface area contributed by atoms with E-state index in [-0.39, 0.29) is 0 Å². The highest BCUT2D eigenvalue weighted by atomic mass is 127. The predicted molar refractivity (Wildman–Crippen MR) is 83.0 cm³/mol. The van der Waals surface area contributed by atoms with Crippen molar-refractivity contribution in [2.45, 2.75) is 41.8 Å². The second-order valence-corrected chi connectivity index (χ2v) is 6.81. The van der Waals surface area contributed by atoms with Crippen molar-refractivity contribution >= 4 is 40.0 Å². The first kappa shape index (κ1) is 13.2. The van der Waals surface area contributed by atoms with E-state index in [0.717, 1.165) is 19.3 Å². The van der Waals surface area contributed by atoms with Crippen LogP contribution in [0.4, 0.5) is 5.69 Å². The van der Waals surface area contributed by atoms with Crippen molar-refractivity contribution in [3.8, 4) is 0 Å². The number of rotatable bonds is 3. The molecule has 1 heterocycles. The number of nitrogens with zero attached hydrogens (tertiary/aromatic N) is 4. The lowest BCUT2D eigenvalue weighted by Gasteiger charge is -2.11. The van der Waals surface area contributed by atoms with Gasteiger partial charge in [0.25, 0.3) is 0 Å². The standard InChI is InChI=1S/C12H14IN5S/c13-10-7-8(14)5-6-11(10)19-12-15-16-17-18(12)9-3-1-2-4-9/h5-7,9H,1-4,14H2. The molecule has 2 N–H and O–H groups in total. The molecule has 0 bridgehead atoms. The van der Waals surface area contributed by atoms with Crippen molar-refractivity contribution in [1.82, 2.24) is 20.2 Å². The first-order chi connectivity index (χ1) is 9.24. The van der Waals surface area contributed by atoms with Crippen LogP contribution in [-0.4, -0.2) is 20.2 Å². The second kappa shape index (κ2) is 5.66. The lowest BCUT2D eigenvalue weighted by Crippen LogP contribution is -2.08. The average molecular weight is 387 g/mol. The normalized spacial score (nSPS) is 16.1. The summed E-state index contributed by atoms with van der Waals surface area (Å²) in [6.07, 6.45) is 4.90. The number of benzene rings is 1. The highest BCUT2D eigenvalue weighted by molar-refractivity contribution is 14.1. The van der Waals surface area contributed by atoms with E-state index in [9.17, 15) is 0 Å². The van der Waals surface area contributed by atoms with Crippen LogP contribution in [0.25, 0.3) is 0 Å². The molecule has 3 rings (SSSR count). The fraction of sp³-hybridized carbons (Fsp3) is 0.417. The Hall–Kier alpha value is -0.830. The number of halogens is 1. The molecule has 0 atom stereocenters. The number of nitrogen functional groups attached to an aromatic ring is 1. The fourth-order valence-corrected chi connectivity index (χ4v) is 4.04.